The maximum absolute atomic E-state index is 12.0. The summed E-state index contributed by atoms with van der Waals surface area (Å²) in [6, 6.07) is 11.7. The van der Waals surface area contributed by atoms with E-state index in [1.165, 1.54) is 30.3 Å². The Morgan fingerprint density at radius 1 is 0.900 bits per heavy atom. The summed E-state index contributed by atoms with van der Waals surface area (Å²) in [6.07, 6.45) is -4.72. The molecular weight excluding hydrogens is 272 g/mol. The summed E-state index contributed by atoms with van der Waals surface area (Å²) < 4.78 is 39.9. The van der Waals surface area contributed by atoms with Crippen LogP contribution in [0.3, 0.4) is 0 Å². The average molecular weight is 282 g/mol. The monoisotopic (exact) mass is 282 g/mol. The Hall–Kier alpha value is -1.99. The number of benzene rings is 2. The largest absolute Gasteiger partial charge is 0.573 e. The van der Waals surface area contributed by atoms with Gasteiger partial charge in [0, 0.05) is 0 Å². The van der Waals surface area contributed by atoms with Crippen LogP contribution < -0.4 is 10.2 Å². The van der Waals surface area contributed by atoms with Gasteiger partial charge in [0.15, 0.2) is 0 Å². The predicted octanol–water partition coefficient (Wildman–Crippen LogP) is 1.93. The molecule has 0 atom stereocenters. The van der Waals surface area contributed by atoms with Gasteiger partial charge < -0.3 is 14.8 Å². The molecule has 0 fully saturated rings. The Morgan fingerprint density at radius 2 is 1.55 bits per heavy atom. The molecule has 0 heterocycles. The Bertz CT molecular complexity index is 582. The maximum atomic E-state index is 12.0. The van der Waals surface area contributed by atoms with Crippen molar-refractivity contribution in [1.29, 1.82) is 0 Å². The maximum Gasteiger partial charge on any atom is 0.573 e. The van der Waals surface area contributed by atoms with Crippen molar-refractivity contribution in [2.45, 2.75) is 6.36 Å². The lowest BCUT2D eigenvalue weighted by molar-refractivity contribution is -0.274. The van der Waals surface area contributed by atoms with E-state index in [1.54, 1.807) is 18.2 Å². The Balaban J connectivity index is 2.24. The molecule has 20 heavy (non-hydrogen) atoms. The van der Waals surface area contributed by atoms with Gasteiger partial charge in [-0.25, -0.2) is 0 Å². The van der Waals surface area contributed by atoms with Crippen LogP contribution in [0.25, 0.3) is 11.1 Å². The SMILES string of the molecule is OB(O)c1cccc(-c2ccc(OC(F)(F)F)cc2)c1. The first kappa shape index (κ1) is 14.4. The first-order valence-electron chi connectivity index (χ1n) is 5.67. The standard InChI is InChI=1S/C13H10BF3O3/c15-13(16,17)20-12-6-4-9(5-7-12)10-2-1-3-11(8-10)14(18)19/h1-8,18-19H. The molecule has 0 saturated heterocycles. The first-order chi connectivity index (χ1) is 9.35. The van der Waals surface area contributed by atoms with Crippen LogP contribution in [0.1, 0.15) is 0 Å². The van der Waals surface area contributed by atoms with Crippen molar-refractivity contribution < 1.29 is 28.0 Å². The lowest BCUT2D eigenvalue weighted by Crippen LogP contribution is -2.29. The number of hydrogen-bond donors (Lipinski definition) is 2. The van der Waals surface area contributed by atoms with Gasteiger partial charge in [-0.15, -0.1) is 13.2 Å². The van der Waals surface area contributed by atoms with E-state index in [0.29, 0.717) is 16.6 Å². The van der Waals surface area contributed by atoms with Crippen LogP contribution in [0.15, 0.2) is 48.5 Å². The second-order valence-electron chi connectivity index (χ2n) is 4.07. The van der Waals surface area contributed by atoms with Gasteiger partial charge in [0.05, 0.1) is 0 Å². The van der Waals surface area contributed by atoms with Gasteiger partial charge in [0.1, 0.15) is 5.75 Å². The fraction of sp³-hybridized carbons (Fsp3) is 0.0769. The third-order valence-corrected chi connectivity index (χ3v) is 2.61. The molecule has 2 aromatic carbocycles. The lowest BCUT2D eigenvalue weighted by Gasteiger charge is -2.10. The van der Waals surface area contributed by atoms with Crippen LogP contribution in [0, 0.1) is 0 Å². The van der Waals surface area contributed by atoms with Crippen LogP contribution in [-0.4, -0.2) is 23.5 Å². The molecule has 3 nitrogen and oxygen atoms in total. The third-order valence-electron chi connectivity index (χ3n) is 2.61. The van der Waals surface area contributed by atoms with Gasteiger partial charge in [-0.3, -0.25) is 0 Å². The highest BCUT2D eigenvalue weighted by atomic mass is 19.4. The van der Waals surface area contributed by atoms with Crippen molar-refractivity contribution in [2.24, 2.45) is 0 Å². The van der Waals surface area contributed by atoms with Crippen LogP contribution in [0.4, 0.5) is 13.2 Å². The van der Waals surface area contributed by atoms with Crippen molar-refractivity contribution in [3.63, 3.8) is 0 Å². The summed E-state index contributed by atoms with van der Waals surface area (Å²) in [6.45, 7) is 0. The van der Waals surface area contributed by atoms with Crippen molar-refractivity contribution in [2.75, 3.05) is 0 Å². The predicted molar refractivity (Wildman–Crippen MR) is 68.4 cm³/mol. The molecule has 0 aliphatic carbocycles. The van der Waals surface area contributed by atoms with Crippen molar-refractivity contribution in [3.05, 3.63) is 48.5 Å². The summed E-state index contributed by atoms with van der Waals surface area (Å²) in [5.74, 6) is -0.306. The summed E-state index contributed by atoms with van der Waals surface area (Å²) in [5, 5.41) is 18.2. The molecule has 2 rings (SSSR count). The van der Waals surface area contributed by atoms with Gasteiger partial charge in [-0.05, 0) is 28.7 Å². The zero-order valence-electron chi connectivity index (χ0n) is 10.1. The normalized spacial score (nSPS) is 11.2. The number of rotatable bonds is 3. The molecule has 0 spiro atoms. The summed E-state index contributed by atoms with van der Waals surface area (Å²) in [7, 11) is -1.59. The van der Waals surface area contributed by atoms with E-state index in [-0.39, 0.29) is 5.75 Å². The van der Waals surface area contributed by atoms with E-state index in [2.05, 4.69) is 4.74 Å². The minimum Gasteiger partial charge on any atom is -0.423 e. The minimum absolute atomic E-state index is 0.304. The van der Waals surface area contributed by atoms with E-state index in [1.807, 2.05) is 0 Å². The fourth-order valence-electron chi connectivity index (χ4n) is 1.73. The van der Waals surface area contributed by atoms with Crippen molar-refractivity contribution in [3.8, 4) is 16.9 Å². The highest BCUT2D eigenvalue weighted by molar-refractivity contribution is 6.58. The van der Waals surface area contributed by atoms with Crippen molar-refractivity contribution >= 4 is 12.6 Å². The molecule has 104 valence electrons. The van der Waals surface area contributed by atoms with Crippen molar-refractivity contribution in [1.82, 2.24) is 0 Å². The lowest BCUT2D eigenvalue weighted by atomic mass is 9.79. The quantitative estimate of drug-likeness (QED) is 0.846. The Labute approximate surface area is 113 Å². The van der Waals surface area contributed by atoms with Crippen LogP contribution in [0.5, 0.6) is 5.75 Å². The first-order valence-corrected chi connectivity index (χ1v) is 5.67. The molecule has 7 heteroatoms. The third kappa shape index (κ3) is 3.75. The molecule has 2 N–H and O–H groups in total. The Kier molecular flexibility index (Phi) is 4.01. The zero-order valence-corrected chi connectivity index (χ0v) is 10.1. The molecule has 0 aromatic heterocycles. The topological polar surface area (TPSA) is 49.7 Å². The second-order valence-corrected chi connectivity index (χ2v) is 4.07. The average Bonchev–Trinajstić information content (AvgIpc) is 2.38. The minimum atomic E-state index is -4.72. The van der Waals surface area contributed by atoms with Gasteiger partial charge in [-0.1, -0.05) is 36.4 Å². The fourth-order valence-corrected chi connectivity index (χ4v) is 1.73. The number of halogens is 3. The van der Waals surface area contributed by atoms with E-state index in [4.69, 9.17) is 10.0 Å². The number of hydrogen-bond acceptors (Lipinski definition) is 3. The molecule has 0 radical (unpaired) electrons. The van der Waals surface area contributed by atoms with E-state index < -0.39 is 13.5 Å². The van der Waals surface area contributed by atoms with E-state index in [0.717, 1.165) is 0 Å². The molecule has 2 aromatic rings. The Morgan fingerprint density at radius 3 is 2.10 bits per heavy atom. The zero-order chi connectivity index (χ0) is 14.8. The number of ether oxygens (including phenoxy) is 1. The molecular formula is C13H10BF3O3. The second kappa shape index (κ2) is 5.56. The molecule has 0 unspecified atom stereocenters. The van der Waals surface area contributed by atoms with Gasteiger partial charge in [-0.2, -0.15) is 0 Å². The van der Waals surface area contributed by atoms with Crippen LogP contribution >= 0.6 is 0 Å². The van der Waals surface area contributed by atoms with Gasteiger partial charge in [0.25, 0.3) is 0 Å². The van der Waals surface area contributed by atoms with Gasteiger partial charge >= 0.3 is 13.5 Å². The smallest absolute Gasteiger partial charge is 0.423 e. The van der Waals surface area contributed by atoms with Crippen LogP contribution in [-0.2, 0) is 0 Å². The summed E-state index contributed by atoms with van der Waals surface area (Å²) >= 11 is 0. The summed E-state index contributed by atoms with van der Waals surface area (Å²) in [4.78, 5) is 0. The van der Waals surface area contributed by atoms with Gasteiger partial charge in [0.2, 0.25) is 0 Å². The van der Waals surface area contributed by atoms with E-state index >= 15 is 0 Å². The molecule has 0 amide bonds. The van der Waals surface area contributed by atoms with Crippen LogP contribution in [0.2, 0.25) is 0 Å². The summed E-state index contributed by atoms with van der Waals surface area (Å²) in [5.41, 5.74) is 1.61. The molecule has 0 aliphatic heterocycles. The molecule has 0 aliphatic rings. The highest BCUT2D eigenvalue weighted by Crippen LogP contribution is 2.26. The van der Waals surface area contributed by atoms with E-state index in [9.17, 15) is 13.2 Å². The molecule has 0 bridgehead atoms. The highest BCUT2D eigenvalue weighted by Gasteiger charge is 2.30. The number of alkyl halides is 3. The molecule has 0 saturated carbocycles.